The molecule has 0 radical (unpaired) electrons. The van der Waals surface area contributed by atoms with Crippen LogP contribution in [0, 0.1) is 11.6 Å². The van der Waals surface area contributed by atoms with E-state index in [4.69, 9.17) is 0 Å². The molecule has 0 spiro atoms. The molecule has 0 bridgehead atoms. The highest BCUT2D eigenvalue weighted by atomic mass is 33.1. The molecule has 1 N–H and O–H groups in total. The third kappa shape index (κ3) is 3.36. The van der Waals surface area contributed by atoms with Gasteiger partial charge in [-0.15, -0.1) is 23.3 Å². The summed E-state index contributed by atoms with van der Waals surface area (Å²) < 4.78 is 26.0. The van der Waals surface area contributed by atoms with Crippen molar-refractivity contribution in [3.8, 4) is 0 Å². The van der Waals surface area contributed by atoms with Crippen LogP contribution in [0.2, 0.25) is 0 Å². The van der Waals surface area contributed by atoms with Crippen molar-refractivity contribution >= 4 is 23.3 Å². The van der Waals surface area contributed by atoms with Crippen LogP contribution in [0.15, 0.2) is 18.2 Å². The van der Waals surface area contributed by atoms with Gasteiger partial charge in [-0.05, 0) is 37.6 Å². The average molecular weight is 249 g/mol. The molecule has 1 aromatic carbocycles. The zero-order chi connectivity index (χ0) is 11.3. The standard InChI is InChI=1S/C10H11F2N.H2S2/c11-7-3-4-9(12)8(6-7)10-2-1-5-13-10;1-2/h3-4,6,10,13H,1-2,5H2;1-2H/t10-;/m1./s1. The summed E-state index contributed by atoms with van der Waals surface area (Å²) in [6.45, 7) is 0.890. The lowest BCUT2D eigenvalue weighted by Gasteiger charge is -2.11. The quantitative estimate of drug-likeness (QED) is 0.513. The zero-order valence-corrected chi connectivity index (χ0v) is 9.87. The van der Waals surface area contributed by atoms with E-state index in [9.17, 15) is 8.78 Å². The second-order valence-electron chi connectivity index (χ2n) is 3.31. The molecule has 5 heteroatoms. The molecule has 1 aliphatic heterocycles. The fraction of sp³-hybridized carbons (Fsp3) is 0.400. The molecule has 1 atom stereocenters. The van der Waals surface area contributed by atoms with E-state index in [1.165, 1.54) is 12.1 Å². The van der Waals surface area contributed by atoms with Gasteiger partial charge in [-0.1, -0.05) is 0 Å². The lowest BCUT2D eigenvalue weighted by atomic mass is 10.0. The molecule has 2 rings (SSSR count). The van der Waals surface area contributed by atoms with E-state index in [1.807, 2.05) is 0 Å². The van der Waals surface area contributed by atoms with Crippen LogP contribution in [0.4, 0.5) is 8.78 Å². The van der Waals surface area contributed by atoms with E-state index >= 15 is 0 Å². The predicted octanol–water partition coefficient (Wildman–Crippen LogP) is 3.15. The molecule has 1 aromatic rings. The Morgan fingerprint density at radius 2 is 2.00 bits per heavy atom. The van der Waals surface area contributed by atoms with Crippen LogP contribution >= 0.6 is 23.3 Å². The monoisotopic (exact) mass is 249 g/mol. The molecule has 0 aromatic heterocycles. The van der Waals surface area contributed by atoms with Crippen LogP contribution in [0.25, 0.3) is 0 Å². The fourth-order valence-corrected chi connectivity index (χ4v) is 1.73. The van der Waals surface area contributed by atoms with Gasteiger partial charge >= 0.3 is 0 Å². The summed E-state index contributed by atoms with van der Waals surface area (Å²) in [5, 5.41) is 3.13. The Morgan fingerprint density at radius 3 is 2.60 bits per heavy atom. The summed E-state index contributed by atoms with van der Waals surface area (Å²) in [5.74, 6) is -0.689. The molecular weight excluding hydrogens is 236 g/mol. The number of nitrogens with one attached hydrogen (secondary N) is 1. The van der Waals surface area contributed by atoms with Crippen LogP contribution in [-0.4, -0.2) is 6.54 Å². The number of hydrogen-bond acceptors (Lipinski definition) is 3. The molecule has 84 valence electrons. The number of thiol groups is 2. The van der Waals surface area contributed by atoms with Gasteiger partial charge in [0.2, 0.25) is 0 Å². The molecule has 0 saturated carbocycles. The first-order valence-electron chi connectivity index (χ1n) is 4.66. The van der Waals surface area contributed by atoms with Crippen LogP contribution in [-0.2, 0) is 0 Å². The predicted molar refractivity (Wildman–Crippen MR) is 64.3 cm³/mol. The highest BCUT2D eigenvalue weighted by Crippen LogP contribution is 2.25. The summed E-state index contributed by atoms with van der Waals surface area (Å²) in [4.78, 5) is 0. The van der Waals surface area contributed by atoms with Crippen molar-refractivity contribution in [3.05, 3.63) is 35.4 Å². The minimum atomic E-state index is -0.370. The number of rotatable bonds is 1. The third-order valence-electron chi connectivity index (χ3n) is 2.39. The van der Waals surface area contributed by atoms with Gasteiger partial charge in [0.25, 0.3) is 0 Å². The van der Waals surface area contributed by atoms with Crippen molar-refractivity contribution in [1.29, 1.82) is 0 Å². The lowest BCUT2D eigenvalue weighted by Crippen LogP contribution is -2.14. The average Bonchev–Trinajstić information content (AvgIpc) is 2.78. The lowest BCUT2D eigenvalue weighted by molar-refractivity contribution is 0.543. The summed E-state index contributed by atoms with van der Waals surface area (Å²) in [6.07, 6.45) is 1.92. The van der Waals surface area contributed by atoms with E-state index in [0.29, 0.717) is 5.56 Å². The Labute approximate surface area is 98.5 Å². The minimum Gasteiger partial charge on any atom is -0.310 e. The smallest absolute Gasteiger partial charge is 0.128 e. The summed E-state index contributed by atoms with van der Waals surface area (Å²) in [6, 6.07) is 3.60. The van der Waals surface area contributed by atoms with Crippen LogP contribution in [0.3, 0.4) is 0 Å². The Bertz CT molecular complexity index is 314. The van der Waals surface area contributed by atoms with E-state index in [2.05, 4.69) is 28.6 Å². The van der Waals surface area contributed by atoms with Crippen molar-refractivity contribution in [2.24, 2.45) is 0 Å². The molecule has 1 fully saturated rings. The normalized spacial score (nSPS) is 19.6. The third-order valence-corrected chi connectivity index (χ3v) is 2.39. The molecule has 1 nitrogen and oxygen atoms in total. The van der Waals surface area contributed by atoms with Crippen molar-refractivity contribution in [1.82, 2.24) is 5.32 Å². The molecule has 0 aliphatic carbocycles. The molecule has 1 heterocycles. The van der Waals surface area contributed by atoms with Gasteiger partial charge in [-0.25, -0.2) is 8.78 Å². The molecule has 1 saturated heterocycles. The largest absolute Gasteiger partial charge is 0.310 e. The Morgan fingerprint density at radius 1 is 1.27 bits per heavy atom. The van der Waals surface area contributed by atoms with Crippen molar-refractivity contribution in [2.75, 3.05) is 6.54 Å². The molecule has 0 amide bonds. The fourth-order valence-electron chi connectivity index (χ4n) is 1.73. The Hall–Kier alpha value is -0.260. The maximum atomic E-state index is 13.2. The van der Waals surface area contributed by atoms with Gasteiger partial charge in [-0.2, -0.15) is 0 Å². The van der Waals surface area contributed by atoms with E-state index in [1.54, 1.807) is 0 Å². The van der Waals surface area contributed by atoms with Gasteiger partial charge in [0.1, 0.15) is 11.6 Å². The first-order chi connectivity index (χ1) is 7.27. The van der Waals surface area contributed by atoms with E-state index in [0.717, 1.165) is 25.5 Å². The molecule has 0 unspecified atom stereocenters. The van der Waals surface area contributed by atoms with Crippen LogP contribution in [0.5, 0.6) is 0 Å². The first kappa shape index (κ1) is 12.8. The van der Waals surface area contributed by atoms with Gasteiger partial charge in [0.15, 0.2) is 0 Å². The van der Waals surface area contributed by atoms with Crippen molar-refractivity contribution in [3.63, 3.8) is 0 Å². The maximum Gasteiger partial charge on any atom is 0.128 e. The first-order valence-corrected chi connectivity index (χ1v) is 6.26. The topological polar surface area (TPSA) is 12.0 Å². The number of halogens is 2. The Kier molecular flexibility index (Phi) is 5.42. The number of benzene rings is 1. The number of hydrogen-bond donors (Lipinski definition) is 3. The SMILES string of the molecule is Fc1ccc(F)c([C@H]2CCCN2)c1.SS. The van der Waals surface area contributed by atoms with Crippen molar-refractivity contribution < 1.29 is 8.78 Å². The van der Waals surface area contributed by atoms with Gasteiger partial charge < -0.3 is 5.32 Å². The van der Waals surface area contributed by atoms with E-state index in [-0.39, 0.29) is 17.7 Å². The van der Waals surface area contributed by atoms with Gasteiger partial charge in [-0.3, -0.25) is 0 Å². The molecular formula is C10H13F2NS2. The minimum absolute atomic E-state index is 0.00398. The maximum absolute atomic E-state index is 13.2. The second-order valence-corrected chi connectivity index (χ2v) is 3.31. The molecule has 1 aliphatic rings. The zero-order valence-electron chi connectivity index (χ0n) is 8.08. The summed E-state index contributed by atoms with van der Waals surface area (Å²) in [5.41, 5.74) is 0.456. The summed E-state index contributed by atoms with van der Waals surface area (Å²) in [7, 11) is 0. The van der Waals surface area contributed by atoms with E-state index < -0.39 is 0 Å². The van der Waals surface area contributed by atoms with Crippen molar-refractivity contribution in [2.45, 2.75) is 18.9 Å². The van der Waals surface area contributed by atoms with Crippen LogP contribution in [0.1, 0.15) is 24.4 Å². The Balaban J connectivity index is 0.000000531. The summed E-state index contributed by atoms with van der Waals surface area (Å²) >= 11 is 6.44. The highest BCUT2D eigenvalue weighted by molar-refractivity contribution is 8.59. The molecule has 15 heavy (non-hydrogen) atoms. The van der Waals surface area contributed by atoms with Gasteiger partial charge in [0.05, 0.1) is 0 Å². The van der Waals surface area contributed by atoms with Crippen LogP contribution < -0.4 is 5.32 Å². The van der Waals surface area contributed by atoms with Gasteiger partial charge in [0, 0.05) is 11.6 Å². The highest BCUT2D eigenvalue weighted by Gasteiger charge is 2.19. The second kappa shape index (κ2) is 6.35.